The number of aryl methyl sites for hydroxylation is 1. The first-order valence-corrected chi connectivity index (χ1v) is 8.39. The minimum atomic E-state index is -3.50. The molecule has 0 amide bonds. The third kappa shape index (κ3) is 3.81. The first kappa shape index (κ1) is 17.1. The van der Waals surface area contributed by atoms with Crippen molar-refractivity contribution in [3.63, 3.8) is 0 Å². The van der Waals surface area contributed by atoms with E-state index in [2.05, 4.69) is 0 Å². The van der Waals surface area contributed by atoms with E-state index in [0.29, 0.717) is 24.2 Å². The number of aliphatic hydroxyl groups excluding tert-OH is 2. The lowest BCUT2D eigenvalue weighted by Crippen LogP contribution is -2.36. The smallest absolute Gasteiger partial charge is 0.183 e. The highest BCUT2D eigenvalue weighted by molar-refractivity contribution is 7.92. The highest BCUT2D eigenvalue weighted by Gasteiger charge is 2.39. The van der Waals surface area contributed by atoms with Crippen molar-refractivity contribution in [2.24, 2.45) is 0 Å². The predicted molar refractivity (Wildman–Crippen MR) is 79.4 cm³/mol. The average Bonchev–Trinajstić information content (AvgIpc) is 2.39. The van der Waals surface area contributed by atoms with E-state index in [-0.39, 0.29) is 19.6 Å². The van der Waals surface area contributed by atoms with Gasteiger partial charge in [0.2, 0.25) is 0 Å². The molecule has 0 saturated heterocycles. The number of benzene rings is 1. The molecule has 0 radical (unpaired) electrons. The van der Waals surface area contributed by atoms with Crippen molar-refractivity contribution in [1.82, 2.24) is 0 Å². The van der Waals surface area contributed by atoms with E-state index >= 15 is 0 Å². The van der Waals surface area contributed by atoms with E-state index < -0.39 is 14.6 Å². The highest BCUT2D eigenvalue weighted by Crippen LogP contribution is 2.33. The fourth-order valence-corrected chi connectivity index (χ4v) is 4.08. The lowest BCUT2D eigenvalue weighted by Gasteiger charge is -2.29. The minimum Gasteiger partial charge on any atom is -0.396 e. The Hall–Kier alpha value is -0.910. The van der Waals surface area contributed by atoms with Crippen LogP contribution in [0.5, 0.6) is 0 Å². The Morgan fingerprint density at radius 1 is 1.00 bits per heavy atom. The molecule has 1 unspecified atom stereocenters. The number of unbranched alkanes of at least 4 members (excludes halogenated alkanes) is 1. The SMILES string of the molecule is Cc1ccc(S(=O)(=O)C(C)(CCO)CCCCO)cc1. The second kappa shape index (κ2) is 7.20. The van der Waals surface area contributed by atoms with Gasteiger partial charge in [0, 0.05) is 13.2 Å². The van der Waals surface area contributed by atoms with Crippen LogP contribution >= 0.6 is 0 Å². The van der Waals surface area contributed by atoms with Gasteiger partial charge in [-0.05, 0) is 51.7 Å². The van der Waals surface area contributed by atoms with Crippen LogP contribution < -0.4 is 0 Å². The molecule has 2 N–H and O–H groups in total. The maximum Gasteiger partial charge on any atom is 0.183 e. The summed E-state index contributed by atoms with van der Waals surface area (Å²) in [6.45, 7) is 3.47. The Kier molecular flexibility index (Phi) is 6.17. The molecule has 1 aromatic rings. The van der Waals surface area contributed by atoms with Gasteiger partial charge in [0.1, 0.15) is 0 Å². The average molecular weight is 300 g/mol. The quantitative estimate of drug-likeness (QED) is 0.721. The summed E-state index contributed by atoms with van der Waals surface area (Å²) in [5, 5.41) is 18.0. The van der Waals surface area contributed by atoms with Gasteiger partial charge in [-0.25, -0.2) is 8.42 Å². The monoisotopic (exact) mass is 300 g/mol. The Morgan fingerprint density at radius 3 is 2.10 bits per heavy atom. The minimum absolute atomic E-state index is 0.0553. The Morgan fingerprint density at radius 2 is 1.60 bits per heavy atom. The van der Waals surface area contributed by atoms with Gasteiger partial charge in [-0.1, -0.05) is 17.7 Å². The molecular formula is C15H24O4S. The molecule has 0 spiro atoms. The van der Waals surface area contributed by atoms with E-state index in [1.54, 1.807) is 31.2 Å². The van der Waals surface area contributed by atoms with E-state index in [0.717, 1.165) is 5.56 Å². The van der Waals surface area contributed by atoms with Crippen molar-refractivity contribution < 1.29 is 18.6 Å². The van der Waals surface area contributed by atoms with Gasteiger partial charge in [-0.3, -0.25) is 0 Å². The summed E-state index contributed by atoms with van der Waals surface area (Å²) in [5.41, 5.74) is 1.01. The van der Waals surface area contributed by atoms with Crippen LogP contribution in [-0.4, -0.2) is 36.6 Å². The van der Waals surface area contributed by atoms with Crippen LogP contribution in [0.25, 0.3) is 0 Å². The molecule has 0 fully saturated rings. The molecule has 0 aliphatic rings. The number of rotatable bonds is 8. The lowest BCUT2D eigenvalue weighted by atomic mass is 10.00. The molecule has 1 aromatic carbocycles. The van der Waals surface area contributed by atoms with Gasteiger partial charge in [0.05, 0.1) is 9.64 Å². The van der Waals surface area contributed by atoms with Gasteiger partial charge in [-0.15, -0.1) is 0 Å². The third-order valence-corrected chi connectivity index (χ3v) is 6.33. The topological polar surface area (TPSA) is 74.6 Å². The van der Waals surface area contributed by atoms with E-state index in [1.807, 2.05) is 6.92 Å². The normalized spacial score (nSPS) is 15.0. The van der Waals surface area contributed by atoms with Gasteiger partial charge >= 0.3 is 0 Å². The molecule has 0 aliphatic carbocycles. The largest absolute Gasteiger partial charge is 0.396 e. The van der Waals surface area contributed by atoms with Crippen LogP contribution in [0.4, 0.5) is 0 Å². The zero-order valence-electron chi connectivity index (χ0n) is 12.2. The zero-order chi connectivity index (χ0) is 15.2. The molecular weight excluding hydrogens is 276 g/mol. The summed E-state index contributed by atoms with van der Waals surface area (Å²) in [5.74, 6) is 0. The maximum atomic E-state index is 12.8. The first-order valence-electron chi connectivity index (χ1n) is 6.90. The molecule has 20 heavy (non-hydrogen) atoms. The van der Waals surface area contributed by atoms with Crippen molar-refractivity contribution >= 4 is 9.84 Å². The number of hydrogen-bond donors (Lipinski definition) is 2. The summed E-state index contributed by atoms with van der Waals surface area (Å²) < 4.78 is 24.6. The summed E-state index contributed by atoms with van der Waals surface area (Å²) >= 11 is 0. The number of sulfone groups is 1. The number of hydrogen-bond acceptors (Lipinski definition) is 4. The lowest BCUT2D eigenvalue weighted by molar-refractivity contribution is 0.254. The Balaban J connectivity index is 3.07. The summed E-state index contributed by atoms with van der Waals surface area (Å²) in [6.07, 6.45) is 1.83. The van der Waals surface area contributed by atoms with Gasteiger partial charge < -0.3 is 10.2 Å². The van der Waals surface area contributed by atoms with E-state index in [1.165, 1.54) is 0 Å². The van der Waals surface area contributed by atoms with Crippen molar-refractivity contribution in [2.75, 3.05) is 13.2 Å². The molecule has 1 rings (SSSR count). The predicted octanol–water partition coefficient (Wildman–Crippen LogP) is 2.07. The van der Waals surface area contributed by atoms with E-state index in [4.69, 9.17) is 5.11 Å². The molecule has 0 aromatic heterocycles. The first-order chi connectivity index (χ1) is 9.37. The summed E-state index contributed by atoms with van der Waals surface area (Å²) in [6, 6.07) is 6.79. The van der Waals surface area contributed by atoms with Crippen LogP contribution in [-0.2, 0) is 9.84 Å². The third-order valence-electron chi connectivity index (χ3n) is 3.73. The number of aliphatic hydroxyl groups is 2. The van der Waals surface area contributed by atoms with Crippen LogP contribution in [0, 0.1) is 6.92 Å². The summed E-state index contributed by atoms with van der Waals surface area (Å²) in [7, 11) is -3.50. The van der Waals surface area contributed by atoms with E-state index in [9.17, 15) is 13.5 Å². The fraction of sp³-hybridized carbons (Fsp3) is 0.600. The maximum absolute atomic E-state index is 12.8. The molecule has 0 aliphatic heterocycles. The van der Waals surface area contributed by atoms with Gasteiger partial charge in [0.15, 0.2) is 9.84 Å². The molecule has 4 nitrogen and oxygen atoms in total. The molecule has 0 heterocycles. The highest BCUT2D eigenvalue weighted by atomic mass is 32.2. The molecule has 114 valence electrons. The van der Waals surface area contributed by atoms with Crippen LogP contribution in [0.1, 0.15) is 38.2 Å². The van der Waals surface area contributed by atoms with Crippen LogP contribution in [0.15, 0.2) is 29.2 Å². The standard InChI is InChI=1S/C15H24O4S/c1-13-5-7-14(8-6-13)20(18,19)15(2,10-12-17)9-3-4-11-16/h5-8,16-17H,3-4,9-12H2,1-2H3. The van der Waals surface area contributed by atoms with Crippen molar-refractivity contribution in [3.8, 4) is 0 Å². The van der Waals surface area contributed by atoms with Crippen LogP contribution in [0.2, 0.25) is 0 Å². The summed E-state index contributed by atoms with van der Waals surface area (Å²) in [4.78, 5) is 0.294. The van der Waals surface area contributed by atoms with Crippen molar-refractivity contribution in [2.45, 2.75) is 49.2 Å². The van der Waals surface area contributed by atoms with Crippen LogP contribution in [0.3, 0.4) is 0 Å². The molecule has 1 atom stereocenters. The Bertz CT molecular complexity index is 507. The second-order valence-electron chi connectivity index (χ2n) is 5.42. The van der Waals surface area contributed by atoms with Gasteiger partial charge in [0.25, 0.3) is 0 Å². The second-order valence-corrected chi connectivity index (χ2v) is 7.88. The van der Waals surface area contributed by atoms with Crippen molar-refractivity contribution in [1.29, 1.82) is 0 Å². The molecule has 0 bridgehead atoms. The Labute approximate surface area is 121 Å². The van der Waals surface area contributed by atoms with Crippen molar-refractivity contribution in [3.05, 3.63) is 29.8 Å². The fourth-order valence-electron chi connectivity index (χ4n) is 2.24. The molecule has 5 heteroatoms. The molecule has 0 saturated carbocycles. The zero-order valence-corrected chi connectivity index (χ0v) is 13.0. The van der Waals surface area contributed by atoms with Gasteiger partial charge in [-0.2, -0.15) is 0 Å².